The van der Waals surface area contributed by atoms with Crippen molar-refractivity contribution in [1.29, 1.82) is 0 Å². The lowest BCUT2D eigenvalue weighted by molar-refractivity contribution is -0.115. The van der Waals surface area contributed by atoms with E-state index in [1.807, 2.05) is 0 Å². The lowest BCUT2D eigenvalue weighted by Crippen LogP contribution is -2.18. The Morgan fingerprint density at radius 3 is 2.40 bits per heavy atom. The average molecular weight is 360 g/mol. The molecular weight excluding hydrogens is 344 g/mol. The molecule has 3 rings (SSSR count). The third-order valence-corrected chi connectivity index (χ3v) is 5.10. The van der Waals surface area contributed by atoms with Gasteiger partial charge in [0.25, 0.3) is 0 Å². The molecular formula is C16H16N4O4S. The number of imidazole rings is 1. The van der Waals surface area contributed by atoms with E-state index in [1.54, 1.807) is 30.3 Å². The summed E-state index contributed by atoms with van der Waals surface area (Å²) in [6.45, 7) is 0. The van der Waals surface area contributed by atoms with Gasteiger partial charge in [-0.15, -0.1) is 0 Å². The van der Waals surface area contributed by atoms with Gasteiger partial charge >= 0.3 is 5.69 Å². The average Bonchev–Trinajstić information content (AvgIpc) is 2.94. The van der Waals surface area contributed by atoms with Crippen LogP contribution in [0, 0.1) is 0 Å². The number of aromatic nitrogens is 2. The van der Waals surface area contributed by atoms with Gasteiger partial charge in [0.2, 0.25) is 15.9 Å². The Morgan fingerprint density at radius 1 is 1.04 bits per heavy atom. The number of nitrogens with one attached hydrogen (secondary N) is 4. The van der Waals surface area contributed by atoms with Gasteiger partial charge in [-0.05, 0) is 42.9 Å². The molecule has 3 aromatic rings. The van der Waals surface area contributed by atoms with Gasteiger partial charge in [0.1, 0.15) is 0 Å². The van der Waals surface area contributed by atoms with Crippen molar-refractivity contribution in [2.75, 3.05) is 12.4 Å². The van der Waals surface area contributed by atoms with Crippen LogP contribution in [0.2, 0.25) is 0 Å². The zero-order valence-electron chi connectivity index (χ0n) is 13.3. The SMILES string of the molecule is CNS(=O)(=O)c1ccc(CC(=O)Nc2ccc3[nH]c(=O)[nH]c3c2)cc1. The van der Waals surface area contributed by atoms with Gasteiger partial charge in [0.15, 0.2) is 0 Å². The molecule has 130 valence electrons. The molecule has 0 saturated heterocycles. The van der Waals surface area contributed by atoms with Crippen molar-refractivity contribution < 1.29 is 13.2 Å². The van der Waals surface area contributed by atoms with Gasteiger partial charge in [-0.25, -0.2) is 17.9 Å². The van der Waals surface area contributed by atoms with E-state index in [2.05, 4.69) is 20.0 Å². The molecule has 25 heavy (non-hydrogen) atoms. The Morgan fingerprint density at radius 2 is 1.72 bits per heavy atom. The fraction of sp³-hybridized carbons (Fsp3) is 0.125. The molecule has 4 N–H and O–H groups in total. The van der Waals surface area contributed by atoms with Crippen molar-refractivity contribution in [2.45, 2.75) is 11.3 Å². The summed E-state index contributed by atoms with van der Waals surface area (Å²) in [5.74, 6) is -0.249. The van der Waals surface area contributed by atoms with E-state index in [0.29, 0.717) is 22.3 Å². The molecule has 0 aliphatic carbocycles. The molecule has 0 saturated carbocycles. The van der Waals surface area contributed by atoms with Crippen molar-refractivity contribution in [3.8, 4) is 0 Å². The summed E-state index contributed by atoms with van der Waals surface area (Å²) in [5.41, 5.74) is 2.19. The minimum Gasteiger partial charge on any atom is -0.326 e. The first-order valence-corrected chi connectivity index (χ1v) is 8.90. The minimum absolute atomic E-state index is 0.0988. The molecule has 0 radical (unpaired) electrons. The molecule has 0 spiro atoms. The van der Waals surface area contributed by atoms with Crippen LogP contribution in [-0.2, 0) is 21.2 Å². The maximum absolute atomic E-state index is 12.1. The summed E-state index contributed by atoms with van der Waals surface area (Å²) in [4.78, 5) is 28.8. The molecule has 1 heterocycles. The Balaban J connectivity index is 1.70. The Bertz CT molecular complexity index is 1080. The van der Waals surface area contributed by atoms with Gasteiger partial charge in [-0.2, -0.15) is 0 Å². The first-order valence-electron chi connectivity index (χ1n) is 7.42. The molecule has 8 nitrogen and oxygen atoms in total. The number of hydrogen-bond acceptors (Lipinski definition) is 4. The summed E-state index contributed by atoms with van der Waals surface area (Å²) < 4.78 is 25.6. The summed E-state index contributed by atoms with van der Waals surface area (Å²) >= 11 is 0. The number of anilines is 1. The highest BCUT2D eigenvalue weighted by Crippen LogP contribution is 2.15. The highest BCUT2D eigenvalue weighted by Gasteiger charge is 2.11. The highest BCUT2D eigenvalue weighted by atomic mass is 32.2. The van der Waals surface area contributed by atoms with E-state index in [1.165, 1.54) is 19.2 Å². The van der Waals surface area contributed by atoms with Crippen molar-refractivity contribution in [3.63, 3.8) is 0 Å². The second-order valence-electron chi connectivity index (χ2n) is 5.42. The van der Waals surface area contributed by atoms with Gasteiger partial charge in [0.05, 0.1) is 22.3 Å². The number of sulfonamides is 1. The number of rotatable bonds is 5. The van der Waals surface area contributed by atoms with Gasteiger partial charge in [-0.3, -0.25) is 4.79 Å². The van der Waals surface area contributed by atoms with E-state index in [4.69, 9.17) is 0 Å². The number of amides is 1. The maximum Gasteiger partial charge on any atom is 0.323 e. The topological polar surface area (TPSA) is 124 Å². The van der Waals surface area contributed by atoms with E-state index >= 15 is 0 Å². The third-order valence-electron chi connectivity index (χ3n) is 3.67. The first kappa shape index (κ1) is 16.9. The Kier molecular flexibility index (Phi) is 4.43. The summed E-state index contributed by atoms with van der Waals surface area (Å²) in [7, 11) is -2.15. The van der Waals surface area contributed by atoms with E-state index < -0.39 is 10.0 Å². The first-order chi connectivity index (χ1) is 11.9. The number of fused-ring (bicyclic) bond motifs is 1. The second kappa shape index (κ2) is 6.54. The van der Waals surface area contributed by atoms with Gasteiger partial charge < -0.3 is 15.3 Å². The van der Waals surface area contributed by atoms with Crippen molar-refractivity contribution in [1.82, 2.24) is 14.7 Å². The van der Waals surface area contributed by atoms with Crippen LogP contribution < -0.4 is 15.7 Å². The quantitative estimate of drug-likeness (QED) is 0.541. The largest absolute Gasteiger partial charge is 0.326 e. The number of carbonyl (C=O) groups is 1. The molecule has 0 bridgehead atoms. The van der Waals surface area contributed by atoms with Crippen molar-refractivity contribution >= 4 is 32.7 Å². The molecule has 9 heteroatoms. The smallest absolute Gasteiger partial charge is 0.323 e. The molecule has 0 atom stereocenters. The predicted molar refractivity (Wildman–Crippen MR) is 93.9 cm³/mol. The second-order valence-corrected chi connectivity index (χ2v) is 7.30. The third kappa shape index (κ3) is 3.78. The molecule has 1 aromatic heterocycles. The monoisotopic (exact) mass is 360 g/mol. The maximum atomic E-state index is 12.1. The van der Waals surface area contributed by atoms with Crippen LogP contribution in [0.4, 0.5) is 5.69 Å². The fourth-order valence-corrected chi connectivity index (χ4v) is 3.14. The van der Waals surface area contributed by atoms with Crippen LogP contribution in [0.5, 0.6) is 0 Å². The zero-order valence-corrected chi connectivity index (χ0v) is 14.1. The number of benzene rings is 2. The summed E-state index contributed by atoms with van der Waals surface area (Å²) in [6, 6.07) is 11.1. The van der Waals surface area contributed by atoms with Crippen LogP contribution in [0.3, 0.4) is 0 Å². The minimum atomic E-state index is -3.49. The number of carbonyl (C=O) groups excluding carboxylic acids is 1. The lowest BCUT2D eigenvalue weighted by Gasteiger charge is -2.07. The van der Waals surface area contributed by atoms with E-state index in [9.17, 15) is 18.0 Å². The Labute approximate surface area is 143 Å². The molecule has 0 aliphatic rings. The van der Waals surface area contributed by atoms with E-state index in [0.717, 1.165) is 0 Å². The molecule has 0 aliphatic heterocycles. The molecule has 0 fully saturated rings. The van der Waals surface area contributed by atoms with Crippen molar-refractivity contribution in [3.05, 3.63) is 58.5 Å². The van der Waals surface area contributed by atoms with Crippen LogP contribution in [0.1, 0.15) is 5.56 Å². The number of H-pyrrole nitrogens is 2. The predicted octanol–water partition coefficient (Wildman–Crippen LogP) is 0.945. The van der Waals surface area contributed by atoms with Gasteiger partial charge in [0, 0.05) is 5.69 Å². The standard InChI is InChI=1S/C16H16N4O4S/c1-17-25(23,24)12-5-2-10(3-6-12)8-15(21)18-11-4-7-13-14(9-11)20-16(22)19-13/h2-7,9,17H,8H2,1H3,(H,18,21)(H2,19,20,22). The van der Waals surface area contributed by atoms with E-state index in [-0.39, 0.29) is 22.9 Å². The van der Waals surface area contributed by atoms with Crippen LogP contribution in [0.15, 0.2) is 52.2 Å². The molecule has 0 unspecified atom stereocenters. The van der Waals surface area contributed by atoms with Crippen LogP contribution in [0.25, 0.3) is 11.0 Å². The lowest BCUT2D eigenvalue weighted by atomic mass is 10.1. The number of hydrogen-bond donors (Lipinski definition) is 4. The fourth-order valence-electron chi connectivity index (χ4n) is 2.41. The normalized spacial score (nSPS) is 11.6. The summed E-state index contributed by atoms with van der Waals surface area (Å²) in [5, 5.41) is 2.74. The molecule has 1 amide bonds. The van der Waals surface area contributed by atoms with Crippen LogP contribution >= 0.6 is 0 Å². The van der Waals surface area contributed by atoms with Gasteiger partial charge in [-0.1, -0.05) is 12.1 Å². The zero-order chi connectivity index (χ0) is 18.0. The number of aromatic amines is 2. The van der Waals surface area contributed by atoms with Crippen molar-refractivity contribution in [2.24, 2.45) is 0 Å². The summed E-state index contributed by atoms with van der Waals surface area (Å²) in [6.07, 6.45) is 0.0988. The Hall–Kier alpha value is -2.91. The van der Waals surface area contributed by atoms with Crippen LogP contribution in [-0.4, -0.2) is 31.3 Å². The molecule has 2 aromatic carbocycles. The highest BCUT2D eigenvalue weighted by molar-refractivity contribution is 7.89.